The van der Waals surface area contributed by atoms with Gasteiger partial charge in [0.25, 0.3) is 0 Å². The highest BCUT2D eigenvalue weighted by Crippen LogP contribution is 2.83. The lowest BCUT2D eigenvalue weighted by Gasteiger charge is -2.42. The second kappa shape index (κ2) is 7.29. The summed E-state index contributed by atoms with van der Waals surface area (Å²) in [7, 11) is 0. The average Bonchev–Trinajstić information content (AvgIpc) is 1.46. The number of hydrogen-bond donors (Lipinski definition) is 0. The summed E-state index contributed by atoms with van der Waals surface area (Å²) in [6, 6.07) is 0. The fourth-order valence-corrected chi connectivity index (χ4v) is 25.4. The molecule has 0 nitrogen and oxygen atoms in total. The monoisotopic (exact) mass is 948 g/mol. The van der Waals surface area contributed by atoms with Gasteiger partial charge in [-0.25, -0.2) is 0 Å². The summed E-state index contributed by atoms with van der Waals surface area (Å²) in [6.45, 7) is 14.4. The Kier molecular flexibility index (Phi) is 2.96. The highest BCUT2D eigenvalue weighted by Gasteiger charge is 2.63. The zero-order chi connectivity index (χ0) is 47.5. The third-order valence-corrected chi connectivity index (χ3v) is 26.5. The Morgan fingerprint density at radius 1 is 0.260 bits per heavy atom. The fourth-order valence-electron chi connectivity index (χ4n) is 25.4. The van der Waals surface area contributed by atoms with Crippen molar-refractivity contribution in [3.8, 4) is 11.8 Å². The van der Waals surface area contributed by atoms with Crippen molar-refractivity contribution in [1.82, 2.24) is 0 Å². The van der Waals surface area contributed by atoms with Gasteiger partial charge in [-0.1, -0.05) is 77.7 Å². The summed E-state index contributed by atoms with van der Waals surface area (Å²) in [5.41, 5.74) is 8.89. The van der Waals surface area contributed by atoms with Crippen molar-refractivity contribution >= 4 is 291 Å². The van der Waals surface area contributed by atoms with Crippen LogP contribution in [0.4, 0.5) is 0 Å². The molecule has 0 saturated carbocycles. The molecule has 0 bridgehead atoms. The van der Waals surface area contributed by atoms with Gasteiger partial charge in [0, 0.05) is 5.92 Å². The molecule has 0 amide bonds. The molecular formula is C77H24. The van der Waals surface area contributed by atoms with Crippen LogP contribution in [0.3, 0.4) is 0 Å². The van der Waals surface area contributed by atoms with Crippen molar-refractivity contribution in [3.63, 3.8) is 0 Å². The van der Waals surface area contributed by atoms with Gasteiger partial charge in [-0.05, 0) is 335 Å². The Balaban J connectivity index is 1.04. The summed E-state index contributed by atoms with van der Waals surface area (Å²) >= 11 is 0. The minimum absolute atomic E-state index is 0.00346. The van der Waals surface area contributed by atoms with Gasteiger partial charge in [0.15, 0.2) is 0 Å². The minimum Gasteiger partial charge on any atom is -0.0901 e. The van der Waals surface area contributed by atoms with Gasteiger partial charge in [-0.2, -0.15) is 0 Å². The highest BCUT2D eigenvalue weighted by atomic mass is 14.6. The topological polar surface area (TPSA) is 0 Å². The second-order valence-corrected chi connectivity index (χ2v) is 29.9. The molecule has 0 heteroatoms. The van der Waals surface area contributed by atoms with Crippen molar-refractivity contribution in [2.24, 2.45) is 16.7 Å². The van der Waals surface area contributed by atoms with Gasteiger partial charge in [0.2, 0.25) is 0 Å². The Bertz CT molecular complexity index is 7440. The summed E-state index contributed by atoms with van der Waals surface area (Å²) in [5, 5.41) is 88.8. The zero-order valence-electron chi connectivity index (χ0n) is 42.0. The van der Waals surface area contributed by atoms with Gasteiger partial charge >= 0.3 is 0 Å². The van der Waals surface area contributed by atoms with Gasteiger partial charge < -0.3 is 0 Å². The van der Waals surface area contributed by atoms with Crippen LogP contribution in [-0.2, 0) is 5.41 Å². The van der Waals surface area contributed by atoms with Crippen LogP contribution in [0.5, 0.6) is 0 Å². The van der Waals surface area contributed by atoms with Crippen LogP contribution >= 0.6 is 0 Å². The molecule has 77 heavy (non-hydrogen) atoms. The van der Waals surface area contributed by atoms with E-state index in [1.807, 2.05) is 0 Å². The maximum absolute atomic E-state index is 4.77. The summed E-state index contributed by atoms with van der Waals surface area (Å²) in [6.07, 6.45) is 10.0. The van der Waals surface area contributed by atoms with E-state index in [9.17, 15) is 0 Å². The molecule has 0 fully saturated rings. The SMILES string of the molecule is CC(C)(C)C1=CC(C#CC23c4c5c6c7c8c9c(c%10c%11c2c2c4c4c%12c5c5c6c6c8c8c%13c9c9c%10c%10c%11c%11c2c2c4c4c%12c%12c5c5c6c8c6c8c%13c9c9c%10c%10c%11c2c2c4c4c%12c5c6c5c8c9c%10c2c45)C73)C=C(C(C)(C)C)C=C1. The first-order valence-electron chi connectivity index (χ1n) is 29.1. The molecule has 33 rings (SSSR count). The molecule has 332 valence electrons. The Morgan fingerprint density at radius 2 is 0.442 bits per heavy atom. The van der Waals surface area contributed by atoms with E-state index in [4.69, 9.17) is 5.92 Å². The molecule has 0 atom stereocenters. The van der Waals surface area contributed by atoms with E-state index in [-0.39, 0.29) is 22.7 Å². The Hall–Kier alpha value is -8.76. The molecule has 28 aromatic carbocycles. The fraction of sp³-hybridized carbons (Fsp3) is 0.143. The number of benzene rings is 18. The molecule has 28 aromatic rings. The van der Waals surface area contributed by atoms with Gasteiger partial charge in [-0.15, -0.1) is 0 Å². The average molecular weight is 949 g/mol. The second-order valence-electron chi connectivity index (χ2n) is 29.9. The van der Waals surface area contributed by atoms with Crippen molar-refractivity contribution in [2.45, 2.75) is 52.9 Å². The molecule has 0 spiro atoms. The number of hydrogen-bond acceptors (Lipinski definition) is 0. The van der Waals surface area contributed by atoms with Crippen LogP contribution in [0.2, 0.25) is 0 Å². The lowest BCUT2D eigenvalue weighted by Crippen LogP contribution is -2.36. The first-order valence-corrected chi connectivity index (χ1v) is 29.1. The number of rotatable bonds is 0. The molecule has 0 unspecified atom stereocenters. The van der Waals surface area contributed by atoms with Crippen LogP contribution in [0.25, 0.3) is 291 Å². The highest BCUT2D eigenvalue weighted by molar-refractivity contribution is 6.82. The van der Waals surface area contributed by atoms with Crippen molar-refractivity contribution in [3.05, 3.63) is 57.7 Å². The van der Waals surface area contributed by atoms with Crippen LogP contribution < -0.4 is 0 Å². The van der Waals surface area contributed by atoms with E-state index >= 15 is 0 Å². The van der Waals surface area contributed by atoms with Gasteiger partial charge in [-0.3, -0.25) is 0 Å². The normalized spacial score (nSPS) is 21.5. The van der Waals surface area contributed by atoms with E-state index in [0.29, 0.717) is 0 Å². The predicted molar refractivity (Wildman–Crippen MR) is 330 cm³/mol. The molecule has 5 aliphatic rings. The third kappa shape index (κ3) is 1.90. The van der Waals surface area contributed by atoms with Crippen molar-refractivity contribution in [1.29, 1.82) is 0 Å². The van der Waals surface area contributed by atoms with Crippen LogP contribution in [0.1, 0.15) is 69.7 Å². The van der Waals surface area contributed by atoms with E-state index in [1.165, 1.54) is 11.1 Å². The Labute approximate surface area is 427 Å². The van der Waals surface area contributed by atoms with Gasteiger partial charge in [0.1, 0.15) is 0 Å². The minimum atomic E-state index is -0.545. The van der Waals surface area contributed by atoms with Crippen molar-refractivity contribution < 1.29 is 0 Å². The van der Waals surface area contributed by atoms with Crippen LogP contribution in [0.15, 0.2) is 35.5 Å². The molecule has 0 aliphatic heterocycles. The largest absolute Gasteiger partial charge is 0.0946 e. The maximum Gasteiger partial charge on any atom is 0.0946 e. The quantitative estimate of drug-likeness (QED) is 0.105. The summed E-state index contributed by atoms with van der Waals surface area (Å²) in [4.78, 5) is 0. The smallest absolute Gasteiger partial charge is 0.0901 e. The first kappa shape index (κ1) is 31.3. The lowest BCUT2D eigenvalue weighted by molar-refractivity contribution is 0.512. The van der Waals surface area contributed by atoms with E-state index in [0.717, 1.165) is 0 Å². The summed E-state index contributed by atoms with van der Waals surface area (Å²) < 4.78 is 0. The summed E-state index contributed by atoms with van der Waals surface area (Å²) in [5.74, 6) is 9.31. The first-order chi connectivity index (χ1) is 37.7. The third-order valence-electron chi connectivity index (χ3n) is 26.5. The lowest BCUT2D eigenvalue weighted by atomic mass is 9.57. The van der Waals surface area contributed by atoms with Crippen LogP contribution in [-0.4, -0.2) is 0 Å². The molecule has 0 saturated heterocycles. The van der Waals surface area contributed by atoms with E-state index < -0.39 is 5.41 Å². The van der Waals surface area contributed by atoms with Crippen molar-refractivity contribution in [2.75, 3.05) is 0 Å². The van der Waals surface area contributed by atoms with Crippen LogP contribution in [0, 0.1) is 28.6 Å². The standard InChI is InChI=1S/C77H24/c1-75(2,3)14-7-8-15(76(4,5)6)12-13(11-14)9-10-77-72-68-62-48-40-32-20-17-16-18-21(20)33-35-31-25(18)27-23-19(16)22-26-24(17)30-34(32)46(48)54-52-38(30)36(26)44-42-28(22)29(23)43-45-37(27)39(31)53-55-47(35)49(41(33)40)63(62)69(72)65(55)67-59(53)57(45)61-51(43)50(42)60-56(44)58(52)66(64(54)68)73(77)70(60)71(61)74(67)77/h7-8,11-13,72H,1-6H3. The van der Waals surface area contributed by atoms with E-state index in [1.54, 1.807) is 313 Å². The predicted octanol–water partition coefficient (Wildman–Crippen LogP) is 21.3. The molecule has 0 heterocycles. The van der Waals surface area contributed by atoms with E-state index in [2.05, 4.69) is 71.8 Å². The maximum atomic E-state index is 4.77. The molecule has 0 N–H and O–H groups in total. The molecular weight excluding hydrogens is 925 g/mol. The zero-order valence-corrected chi connectivity index (χ0v) is 42.0. The Morgan fingerprint density at radius 3 is 0.662 bits per heavy atom. The number of allylic oxidation sites excluding steroid dienone is 6. The molecule has 5 aliphatic carbocycles. The molecule has 0 aromatic heterocycles. The van der Waals surface area contributed by atoms with Gasteiger partial charge in [0.05, 0.1) is 11.3 Å². The molecule has 0 radical (unpaired) electrons.